The Kier molecular flexibility index (Phi) is 8.96. The number of ether oxygens (including phenoxy) is 1. The molecule has 0 saturated heterocycles. The third-order valence-electron chi connectivity index (χ3n) is 10.6. The fourth-order valence-corrected chi connectivity index (χ4v) is 8.10. The van der Waals surface area contributed by atoms with Crippen molar-refractivity contribution in [3.8, 4) is 39.4 Å². The van der Waals surface area contributed by atoms with Crippen molar-refractivity contribution in [2.75, 3.05) is 0 Å². The van der Waals surface area contributed by atoms with E-state index in [1.807, 2.05) is 48.7 Å². The van der Waals surface area contributed by atoms with E-state index >= 15 is 0 Å². The molecular formula is C52H32N4OPt+2. The van der Waals surface area contributed by atoms with E-state index in [4.69, 9.17) is 9.72 Å². The van der Waals surface area contributed by atoms with Crippen molar-refractivity contribution in [2.24, 2.45) is 0 Å². The van der Waals surface area contributed by atoms with Gasteiger partial charge in [-0.15, -0.1) is 24.3 Å². The third kappa shape index (κ3) is 5.97. The Bertz CT molecular complexity index is 3150. The Morgan fingerprint density at radius 3 is 1.91 bits per heavy atom. The predicted octanol–water partition coefficient (Wildman–Crippen LogP) is 12.9. The van der Waals surface area contributed by atoms with E-state index < -0.39 is 0 Å². The van der Waals surface area contributed by atoms with Crippen molar-refractivity contribution in [1.29, 1.82) is 0 Å². The second kappa shape index (κ2) is 14.7. The average molecular weight is 924 g/mol. The number of pyridine rings is 1. The maximum atomic E-state index is 6.55. The van der Waals surface area contributed by atoms with Gasteiger partial charge in [0.05, 0.1) is 22.0 Å². The molecule has 11 rings (SSSR count). The number of rotatable bonds is 7. The number of para-hydroxylation sites is 2. The van der Waals surface area contributed by atoms with Crippen molar-refractivity contribution >= 4 is 61.5 Å². The zero-order chi connectivity index (χ0) is 37.7. The Labute approximate surface area is 350 Å². The van der Waals surface area contributed by atoms with Crippen molar-refractivity contribution in [2.45, 2.75) is 0 Å². The molecule has 0 saturated carbocycles. The van der Waals surface area contributed by atoms with E-state index in [9.17, 15) is 0 Å². The smallest absolute Gasteiger partial charge is 0.509 e. The fourth-order valence-electron chi connectivity index (χ4n) is 8.10. The Balaban J connectivity index is 0.00000408. The van der Waals surface area contributed by atoms with Gasteiger partial charge in [-0.05, 0) is 63.6 Å². The Hall–Kier alpha value is -7.16. The van der Waals surface area contributed by atoms with E-state index in [0.29, 0.717) is 11.5 Å². The van der Waals surface area contributed by atoms with Crippen LogP contribution in [0.4, 0.5) is 22.7 Å². The predicted molar refractivity (Wildman–Crippen MR) is 232 cm³/mol. The summed E-state index contributed by atoms with van der Waals surface area (Å²) in [5.41, 5.74) is 11.2. The molecule has 0 fully saturated rings. The molecule has 0 atom stereocenters. The van der Waals surface area contributed by atoms with Crippen LogP contribution in [0.3, 0.4) is 0 Å². The molecule has 0 N–H and O–H groups in total. The van der Waals surface area contributed by atoms with Crippen LogP contribution in [-0.4, -0.2) is 15.6 Å². The largest absolute Gasteiger partial charge is 2.00 e. The topological polar surface area (TPSA) is 33.1 Å². The van der Waals surface area contributed by atoms with Gasteiger partial charge >= 0.3 is 32.8 Å². The average Bonchev–Trinajstić information content (AvgIpc) is 3.84. The summed E-state index contributed by atoms with van der Waals surface area (Å²) in [6.07, 6.45) is 1.83. The van der Waals surface area contributed by atoms with Gasteiger partial charge in [-0.2, -0.15) is 12.1 Å². The molecule has 8 aromatic carbocycles. The van der Waals surface area contributed by atoms with Crippen molar-refractivity contribution < 1.29 is 25.8 Å². The van der Waals surface area contributed by atoms with Gasteiger partial charge in [-0.3, -0.25) is 0 Å². The summed E-state index contributed by atoms with van der Waals surface area (Å²) in [5, 5.41) is 4.52. The number of fused-ring (bicyclic) bond motifs is 6. The van der Waals surface area contributed by atoms with Gasteiger partial charge in [0, 0.05) is 34.5 Å². The zero-order valence-corrected chi connectivity index (χ0v) is 33.3. The first kappa shape index (κ1) is 35.3. The van der Waals surface area contributed by atoms with Crippen LogP contribution in [0, 0.1) is 12.1 Å². The summed E-state index contributed by atoms with van der Waals surface area (Å²) >= 11 is 0. The van der Waals surface area contributed by atoms with Gasteiger partial charge in [0.1, 0.15) is 11.3 Å². The van der Waals surface area contributed by atoms with Crippen LogP contribution in [0.2, 0.25) is 0 Å². The van der Waals surface area contributed by atoms with Gasteiger partial charge in [0.25, 0.3) is 5.69 Å². The van der Waals surface area contributed by atoms with Gasteiger partial charge in [0.15, 0.2) is 0 Å². The van der Waals surface area contributed by atoms with Crippen LogP contribution >= 0.6 is 0 Å². The summed E-state index contributed by atoms with van der Waals surface area (Å²) in [7, 11) is 0. The SMILES string of the molecule is C1=[N+](c2[c-]c(Oc3[c-]c(-n4c5ccccc5c5cccnc54)ccc3)ccc2)c2ccc3ccccc3c2[N+]=1c1c(-c2ccccc2)cccc1-c1ccccc1.[Pt+2]. The monoisotopic (exact) mass is 923 g/mol. The first-order valence-electron chi connectivity index (χ1n) is 19.0. The molecule has 58 heavy (non-hydrogen) atoms. The molecule has 5 nitrogen and oxygen atoms in total. The summed E-state index contributed by atoms with van der Waals surface area (Å²) in [4.78, 5) is 4.75. The van der Waals surface area contributed by atoms with Crippen LogP contribution in [-0.2, 0) is 21.1 Å². The van der Waals surface area contributed by atoms with Crippen LogP contribution < -0.4 is 13.9 Å². The summed E-state index contributed by atoms with van der Waals surface area (Å²) in [6.45, 7) is 0. The van der Waals surface area contributed by atoms with E-state index in [1.165, 1.54) is 0 Å². The molecule has 0 spiro atoms. The van der Waals surface area contributed by atoms with E-state index in [2.05, 4.69) is 177 Å². The van der Waals surface area contributed by atoms with Crippen LogP contribution in [0.25, 0.3) is 60.6 Å². The maximum absolute atomic E-state index is 6.55. The second-order valence-electron chi connectivity index (χ2n) is 14.0. The number of hydrogen-bond acceptors (Lipinski definition) is 2. The first-order chi connectivity index (χ1) is 28.3. The summed E-state index contributed by atoms with van der Waals surface area (Å²) in [5.74, 6) is 1.15. The normalized spacial score (nSPS) is 11.9. The summed E-state index contributed by atoms with van der Waals surface area (Å²) in [6, 6.07) is 75.9. The molecule has 2 aromatic heterocycles. The first-order valence-corrected chi connectivity index (χ1v) is 19.0. The van der Waals surface area contributed by atoms with Gasteiger partial charge in [-0.1, -0.05) is 126 Å². The number of aromatic nitrogens is 2. The third-order valence-corrected chi connectivity index (χ3v) is 10.6. The van der Waals surface area contributed by atoms with Gasteiger partial charge in [-0.25, -0.2) is 4.98 Å². The molecule has 10 aromatic rings. The molecular weight excluding hydrogens is 892 g/mol. The minimum Gasteiger partial charge on any atom is -0.509 e. The minimum absolute atomic E-state index is 0. The fraction of sp³-hybridized carbons (Fsp3) is 0. The molecule has 0 bridgehead atoms. The maximum Gasteiger partial charge on any atom is 2.00 e. The van der Waals surface area contributed by atoms with Crippen molar-refractivity contribution in [1.82, 2.24) is 18.7 Å². The molecule has 0 radical (unpaired) electrons. The Morgan fingerprint density at radius 2 is 1.14 bits per heavy atom. The molecule has 274 valence electrons. The minimum atomic E-state index is 0. The van der Waals surface area contributed by atoms with E-state index in [0.717, 1.165) is 83.4 Å². The van der Waals surface area contributed by atoms with Crippen LogP contribution in [0.1, 0.15) is 0 Å². The Morgan fingerprint density at radius 1 is 0.500 bits per heavy atom. The summed E-state index contributed by atoms with van der Waals surface area (Å²) < 4.78 is 13.0. The zero-order valence-electron chi connectivity index (χ0n) is 31.0. The molecule has 1 aliphatic rings. The van der Waals surface area contributed by atoms with Crippen molar-refractivity contribution in [3.05, 3.63) is 206 Å². The van der Waals surface area contributed by atoms with Crippen LogP contribution in [0.15, 0.2) is 194 Å². The second-order valence-corrected chi connectivity index (χ2v) is 14.0. The van der Waals surface area contributed by atoms with Crippen molar-refractivity contribution in [3.63, 3.8) is 0 Å². The quantitative estimate of drug-likeness (QED) is 0.118. The molecule has 0 aliphatic carbocycles. The molecule has 6 heteroatoms. The van der Waals surface area contributed by atoms with E-state index in [1.54, 1.807) is 0 Å². The number of nitrogens with zero attached hydrogens (tertiary/aromatic N) is 4. The molecule has 0 amide bonds. The number of benzene rings is 8. The van der Waals surface area contributed by atoms with E-state index in [-0.39, 0.29) is 21.1 Å². The molecule has 3 heterocycles. The van der Waals surface area contributed by atoms with Gasteiger partial charge in [0.2, 0.25) is 5.69 Å². The standard InChI is InChI=1S/C52H32N4O.Pt/c1-3-15-36(16-4-1)43-26-13-27-44(37-17-5-2-6-18-37)50(43)55-35-54(49-31-30-38-19-7-8-24-45(38)51(49)55)39-20-11-22-41(33-39)57-42-23-12-21-40(34-42)56-48-29-10-9-25-46(48)47-28-14-32-53-52(47)56;/h1-32H;/q;+2. The number of hydrogen-bond donors (Lipinski definition) is 0. The molecule has 0 unspecified atom stereocenters. The molecule has 1 aliphatic heterocycles. The van der Waals surface area contributed by atoms with Gasteiger partial charge < -0.3 is 9.30 Å². The van der Waals surface area contributed by atoms with Crippen LogP contribution in [0.5, 0.6) is 11.5 Å².